The second-order valence-corrected chi connectivity index (χ2v) is 8.51. The molecule has 29 heavy (non-hydrogen) atoms. The van der Waals surface area contributed by atoms with Gasteiger partial charge in [0.05, 0.1) is 10.2 Å². The van der Waals surface area contributed by atoms with Crippen LogP contribution in [0.4, 0.5) is 0 Å². The maximum atomic E-state index is 12.3. The summed E-state index contributed by atoms with van der Waals surface area (Å²) in [7, 11) is 4.32. The van der Waals surface area contributed by atoms with Gasteiger partial charge in [0.1, 0.15) is 0 Å². The topological polar surface area (TPSA) is 48.5 Å². The molecule has 0 aliphatic heterocycles. The minimum atomic E-state index is -0.0728. The Labute approximate surface area is 177 Å². The van der Waals surface area contributed by atoms with Gasteiger partial charge in [-0.25, -0.2) is 4.98 Å². The van der Waals surface area contributed by atoms with Crippen molar-refractivity contribution in [3.05, 3.63) is 65.2 Å². The molecule has 0 aliphatic carbocycles. The predicted octanol–water partition coefficient (Wildman–Crippen LogP) is 3.87. The molecular formula is C23H30N4OS. The Morgan fingerprint density at radius 2 is 1.62 bits per heavy atom. The lowest BCUT2D eigenvalue weighted by molar-refractivity contribution is 0.0952. The standard InChI is InChI=1S/C23H30N4OS/c1-26(16-9-17-27(2)18-19-10-4-3-5-11-19)15-8-14-24-22(28)23-25-20-12-6-7-13-21(20)29-23/h3-7,10-13H,8-9,14-18H2,1-2H3,(H,24,28). The highest BCUT2D eigenvalue weighted by Gasteiger charge is 2.11. The molecule has 6 heteroatoms. The summed E-state index contributed by atoms with van der Waals surface area (Å²) in [5.41, 5.74) is 2.24. The number of para-hydroxylation sites is 1. The van der Waals surface area contributed by atoms with Crippen LogP contribution in [0.1, 0.15) is 28.2 Å². The Bertz CT molecular complexity index is 863. The first-order valence-electron chi connectivity index (χ1n) is 10.2. The molecule has 3 aromatic rings. The Hall–Kier alpha value is -2.28. The number of amides is 1. The molecular weight excluding hydrogens is 380 g/mol. The fraction of sp³-hybridized carbons (Fsp3) is 0.391. The number of thiazole rings is 1. The molecule has 2 aromatic carbocycles. The minimum Gasteiger partial charge on any atom is -0.350 e. The average molecular weight is 411 g/mol. The Kier molecular flexibility index (Phi) is 8.16. The van der Waals surface area contributed by atoms with Gasteiger partial charge < -0.3 is 15.1 Å². The minimum absolute atomic E-state index is 0.0728. The first kappa shape index (κ1) is 21.4. The van der Waals surface area contributed by atoms with E-state index < -0.39 is 0 Å². The molecule has 0 bridgehead atoms. The fourth-order valence-corrected chi connectivity index (χ4v) is 4.17. The zero-order chi connectivity index (χ0) is 20.5. The summed E-state index contributed by atoms with van der Waals surface area (Å²) >= 11 is 1.45. The second kappa shape index (κ2) is 11.0. The number of hydrogen-bond donors (Lipinski definition) is 1. The number of fused-ring (bicyclic) bond motifs is 1. The summed E-state index contributed by atoms with van der Waals surface area (Å²) in [4.78, 5) is 21.4. The first-order valence-corrected chi connectivity index (χ1v) is 11.0. The lowest BCUT2D eigenvalue weighted by atomic mass is 10.2. The Morgan fingerprint density at radius 1 is 0.931 bits per heavy atom. The van der Waals surface area contributed by atoms with Crippen LogP contribution in [0, 0.1) is 0 Å². The molecule has 0 radical (unpaired) electrons. The van der Waals surface area contributed by atoms with Gasteiger partial charge in [-0.2, -0.15) is 0 Å². The molecule has 1 aromatic heterocycles. The van der Waals surface area contributed by atoms with E-state index >= 15 is 0 Å². The van der Waals surface area contributed by atoms with Gasteiger partial charge in [-0.05, 0) is 64.3 Å². The highest BCUT2D eigenvalue weighted by Crippen LogP contribution is 2.21. The zero-order valence-corrected chi connectivity index (χ0v) is 18.1. The van der Waals surface area contributed by atoms with E-state index in [1.165, 1.54) is 16.9 Å². The Balaban J connectivity index is 1.27. The highest BCUT2D eigenvalue weighted by molar-refractivity contribution is 7.20. The molecule has 0 atom stereocenters. The van der Waals surface area contributed by atoms with Crippen LogP contribution in [0.5, 0.6) is 0 Å². The van der Waals surface area contributed by atoms with Crippen LogP contribution in [-0.4, -0.2) is 61.0 Å². The molecule has 0 spiro atoms. The van der Waals surface area contributed by atoms with E-state index in [0.29, 0.717) is 11.6 Å². The van der Waals surface area contributed by atoms with Crippen LogP contribution in [-0.2, 0) is 6.54 Å². The van der Waals surface area contributed by atoms with Crippen LogP contribution in [0.25, 0.3) is 10.2 Å². The number of hydrogen-bond acceptors (Lipinski definition) is 5. The van der Waals surface area contributed by atoms with Gasteiger partial charge in [-0.15, -0.1) is 11.3 Å². The smallest absolute Gasteiger partial charge is 0.280 e. The van der Waals surface area contributed by atoms with Crippen molar-refractivity contribution in [3.63, 3.8) is 0 Å². The van der Waals surface area contributed by atoms with Crippen molar-refractivity contribution in [2.24, 2.45) is 0 Å². The van der Waals surface area contributed by atoms with E-state index in [2.05, 4.69) is 64.5 Å². The number of carbonyl (C=O) groups is 1. The maximum Gasteiger partial charge on any atom is 0.280 e. The van der Waals surface area contributed by atoms with Gasteiger partial charge in [-0.3, -0.25) is 4.79 Å². The third-order valence-corrected chi connectivity index (χ3v) is 5.90. The number of nitrogens with zero attached hydrogens (tertiary/aromatic N) is 3. The van der Waals surface area contributed by atoms with Crippen molar-refractivity contribution < 1.29 is 4.79 Å². The number of benzene rings is 2. The summed E-state index contributed by atoms with van der Waals surface area (Å²) in [5.74, 6) is -0.0728. The molecule has 3 rings (SSSR count). The van der Waals surface area contributed by atoms with E-state index in [4.69, 9.17) is 0 Å². The van der Waals surface area contributed by atoms with Crippen molar-refractivity contribution >= 4 is 27.5 Å². The average Bonchev–Trinajstić information content (AvgIpc) is 3.16. The summed E-state index contributed by atoms with van der Waals surface area (Å²) in [6.07, 6.45) is 2.07. The quantitative estimate of drug-likeness (QED) is 0.488. The molecule has 1 amide bonds. The van der Waals surface area contributed by atoms with Gasteiger partial charge in [0.2, 0.25) is 0 Å². The van der Waals surface area contributed by atoms with Crippen molar-refractivity contribution in [3.8, 4) is 0 Å². The van der Waals surface area contributed by atoms with E-state index in [9.17, 15) is 4.79 Å². The van der Waals surface area contributed by atoms with Gasteiger partial charge in [0, 0.05) is 13.1 Å². The molecule has 0 unspecified atom stereocenters. The monoisotopic (exact) mass is 410 g/mol. The van der Waals surface area contributed by atoms with E-state index in [0.717, 1.165) is 49.2 Å². The van der Waals surface area contributed by atoms with Crippen molar-refractivity contribution in [2.45, 2.75) is 19.4 Å². The molecule has 0 fully saturated rings. The SMILES string of the molecule is CN(CCCNC(=O)c1nc2ccccc2s1)CCCN(C)Cc1ccccc1. The molecule has 0 aliphatic rings. The normalized spacial score (nSPS) is 11.4. The summed E-state index contributed by atoms with van der Waals surface area (Å²) in [5, 5.41) is 3.53. The molecule has 5 nitrogen and oxygen atoms in total. The van der Waals surface area contributed by atoms with Crippen LogP contribution in [0.15, 0.2) is 54.6 Å². The molecule has 0 saturated heterocycles. The third-order valence-electron chi connectivity index (χ3n) is 4.87. The van der Waals surface area contributed by atoms with Crippen LogP contribution in [0.3, 0.4) is 0 Å². The Morgan fingerprint density at radius 3 is 2.41 bits per heavy atom. The fourth-order valence-electron chi connectivity index (χ4n) is 3.29. The van der Waals surface area contributed by atoms with E-state index in [-0.39, 0.29) is 5.91 Å². The lowest BCUT2D eigenvalue weighted by Crippen LogP contribution is -2.29. The van der Waals surface area contributed by atoms with E-state index in [1.54, 1.807) is 0 Å². The number of nitrogens with one attached hydrogen (secondary N) is 1. The van der Waals surface area contributed by atoms with Gasteiger partial charge in [-0.1, -0.05) is 42.5 Å². The van der Waals surface area contributed by atoms with Crippen LogP contribution in [0.2, 0.25) is 0 Å². The van der Waals surface area contributed by atoms with Crippen molar-refractivity contribution in [1.29, 1.82) is 0 Å². The van der Waals surface area contributed by atoms with Gasteiger partial charge in [0.25, 0.3) is 5.91 Å². The summed E-state index contributed by atoms with van der Waals surface area (Å²) in [6.45, 7) is 4.77. The molecule has 154 valence electrons. The van der Waals surface area contributed by atoms with Crippen molar-refractivity contribution in [2.75, 3.05) is 40.3 Å². The van der Waals surface area contributed by atoms with Crippen molar-refractivity contribution in [1.82, 2.24) is 20.1 Å². The van der Waals surface area contributed by atoms with Gasteiger partial charge in [0.15, 0.2) is 5.01 Å². The van der Waals surface area contributed by atoms with Crippen LogP contribution < -0.4 is 5.32 Å². The van der Waals surface area contributed by atoms with E-state index in [1.807, 2.05) is 24.3 Å². The number of aromatic nitrogens is 1. The third kappa shape index (κ3) is 6.92. The zero-order valence-electron chi connectivity index (χ0n) is 17.3. The van der Waals surface area contributed by atoms with Crippen LogP contribution >= 0.6 is 11.3 Å². The summed E-state index contributed by atoms with van der Waals surface area (Å²) in [6, 6.07) is 18.4. The number of carbonyl (C=O) groups excluding carboxylic acids is 1. The number of rotatable bonds is 11. The largest absolute Gasteiger partial charge is 0.350 e. The highest BCUT2D eigenvalue weighted by atomic mass is 32.1. The predicted molar refractivity (Wildman–Crippen MR) is 121 cm³/mol. The molecule has 0 saturated carbocycles. The lowest BCUT2D eigenvalue weighted by Gasteiger charge is -2.20. The maximum absolute atomic E-state index is 12.3. The first-order chi connectivity index (χ1) is 14.1. The molecule has 1 N–H and O–H groups in total. The summed E-state index contributed by atoms with van der Waals surface area (Å²) < 4.78 is 1.05. The van der Waals surface area contributed by atoms with Gasteiger partial charge >= 0.3 is 0 Å². The molecule has 1 heterocycles. The second-order valence-electron chi connectivity index (χ2n) is 7.48.